The fraction of sp³-hybridized carbons (Fsp3) is 0.263. The van der Waals surface area contributed by atoms with Crippen molar-refractivity contribution in [1.82, 2.24) is 10.2 Å². The maximum Gasteiger partial charge on any atom is 0.253 e. The number of benzene rings is 2. The summed E-state index contributed by atoms with van der Waals surface area (Å²) < 4.78 is 12.8. The molecule has 2 aromatic rings. The van der Waals surface area contributed by atoms with Crippen LogP contribution in [0.3, 0.4) is 0 Å². The normalized spacial score (nSPS) is 10.3. The third-order valence-corrected chi connectivity index (χ3v) is 3.81. The van der Waals surface area contributed by atoms with E-state index in [2.05, 4.69) is 5.32 Å². The zero-order valence-corrected chi connectivity index (χ0v) is 13.9. The van der Waals surface area contributed by atoms with E-state index in [9.17, 15) is 14.0 Å². The molecule has 24 heavy (non-hydrogen) atoms. The van der Waals surface area contributed by atoms with Gasteiger partial charge in [-0.05, 0) is 55.8 Å². The third kappa shape index (κ3) is 4.41. The van der Waals surface area contributed by atoms with E-state index in [4.69, 9.17) is 0 Å². The Morgan fingerprint density at radius 1 is 0.917 bits per heavy atom. The highest BCUT2D eigenvalue weighted by Gasteiger charge is 2.13. The number of nitrogens with zero attached hydrogens (tertiary/aromatic N) is 1. The first kappa shape index (κ1) is 17.7. The minimum Gasteiger partial charge on any atom is -0.348 e. The Morgan fingerprint density at radius 2 is 1.46 bits per heavy atom. The van der Waals surface area contributed by atoms with Crippen LogP contribution in [0.5, 0.6) is 0 Å². The molecule has 1 N–H and O–H groups in total. The van der Waals surface area contributed by atoms with Gasteiger partial charge in [0.15, 0.2) is 0 Å². The van der Waals surface area contributed by atoms with Crippen molar-refractivity contribution >= 4 is 11.8 Å². The van der Waals surface area contributed by atoms with Gasteiger partial charge >= 0.3 is 0 Å². The van der Waals surface area contributed by atoms with Crippen LogP contribution in [0.4, 0.5) is 4.39 Å². The number of amides is 2. The quantitative estimate of drug-likeness (QED) is 0.885. The maximum atomic E-state index is 12.8. The fourth-order valence-electron chi connectivity index (χ4n) is 2.34. The Balaban J connectivity index is 1.98. The number of carbonyl (C=O) groups is 2. The molecular weight excluding hydrogens is 307 g/mol. The van der Waals surface area contributed by atoms with E-state index in [0.717, 1.165) is 5.56 Å². The molecule has 0 saturated heterocycles. The Hall–Kier alpha value is -2.69. The summed E-state index contributed by atoms with van der Waals surface area (Å²) in [6.07, 6.45) is 0. The lowest BCUT2D eigenvalue weighted by Crippen LogP contribution is -2.30. The Bertz CT molecular complexity index is 692. The molecule has 0 fully saturated rings. The van der Waals surface area contributed by atoms with Crippen molar-refractivity contribution in [1.29, 1.82) is 0 Å². The van der Waals surface area contributed by atoms with Crippen molar-refractivity contribution in [2.75, 3.05) is 13.1 Å². The van der Waals surface area contributed by atoms with Crippen LogP contribution in [0.25, 0.3) is 0 Å². The van der Waals surface area contributed by atoms with E-state index in [0.29, 0.717) is 30.8 Å². The third-order valence-electron chi connectivity index (χ3n) is 3.81. The molecule has 4 nitrogen and oxygen atoms in total. The van der Waals surface area contributed by atoms with Gasteiger partial charge in [0.2, 0.25) is 0 Å². The molecule has 0 spiro atoms. The Morgan fingerprint density at radius 3 is 2.00 bits per heavy atom. The first-order valence-corrected chi connectivity index (χ1v) is 7.97. The van der Waals surface area contributed by atoms with E-state index in [1.165, 1.54) is 12.1 Å². The Kier molecular flexibility index (Phi) is 6.07. The van der Waals surface area contributed by atoms with Crippen molar-refractivity contribution in [3.8, 4) is 0 Å². The molecule has 2 aromatic carbocycles. The zero-order valence-electron chi connectivity index (χ0n) is 13.9. The molecule has 0 unspecified atom stereocenters. The minimum absolute atomic E-state index is 0.0433. The van der Waals surface area contributed by atoms with Gasteiger partial charge in [-0.2, -0.15) is 0 Å². The zero-order chi connectivity index (χ0) is 17.5. The monoisotopic (exact) mass is 328 g/mol. The summed E-state index contributed by atoms with van der Waals surface area (Å²) >= 11 is 0. The number of hydrogen-bond acceptors (Lipinski definition) is 2. The van der Waals surface area contributed by atoms with Crippen LogP contribution in [-0.2, 0) is 6.54 Å². The first-order valence-electron chi connectivity index (χ1n) is 7.97. The smallest absolute Gasteiger partial charge is 0.253 e. The second-order valence-corrected chi connectivity index (χ2v) is 5.36. The van der Waals surface area contributed by atoms with Gasteiger partial charge in [-0.25, -0.2) is 4.39 Å². The van der Waals surface area contributed by atoms with Gasteiger partial charge in [0, 0.05) is 30.8 Å². The van der Waals surface area contributed by atoms with Crippen molar-refractivity contribution < 1.29 is 14.0 Å². The largest absolute Gasteiger partial charge is 0.348 e. The molecule has 0 bridgehead atoms. The van der Waals surface area contributed by atoms with E-state index in [1.807, 2.05) is 13.8 Å². The van der Waals surface area contributed by atoms with Gasteiger partial charge in [0.25, 0.3) is 11.8 Å². The summed E-state index contributed by atoms with van der Waals surface area (Å²) in [6.45, 7) is 5.47. The fourth-order valence-corrected chi connectivity index (χ4v) is 2.34. The standard InChI is InChI=1S/C19H21FN2O2/c1-3-22(4-2)19(24)16-9-7-15(8-10-16)18(23)21-13-14-5-11-17(20)12-6-14/h5-12H,3-4,13H2,1-2H3,(H,21,23). The summed E-state index contributed by atoms with van der Waals surface area (Å²) in [4.78, 5) is 26.1. The molecule has 0 atom stereocenters. The SMILES string of the molecule is CCN(CC)C(=O)c1ccc(C(=O)NCc2ccc(F)cc2)cc1. The van der Waals surface area contributed by atoms with Gasteiger partial charge in [-0.15, -0.1) is 0 Å². The topological polar surface area (TPSA) is 49.4 Å². The van der Waals surface area contributed by atoms with Crippen LogP contribution >= 0.6 is 0 Å². The molecule has 0 aliphatic rings. The second kappa shape index (κ2) is 8.24. The van der Waals surface area contributed by atoms with E-state index < -0.39 is 0 Å². The average molecular weight is 328 g/mol. The highest BCUT2D eigenvalue weighted by atomic mass is 19.1. The number of halogens is 1. The molecule has 0 heterocycles. The molecular formula is C19H21FN2O2. The van der Waals surface area contributed by atoms with Gasteiger partial charge in [-0.1, -0.05) is 12.1 Å². The number of carbonyl (C=O) groups excluding carboxylic acids is 2. The average Bonchev–Trinajstić information content (AvgIpc) is 2.62. The number of nitrogens with one attached hydrogen (secondary N) is 1. The van der Waals surface area contributed by atoms with E-state index in [-0.39, 0.29) is 17.6 Å². The number of rotatable bonds is 6. The molecule has 126 valence electrons. The van der Waals surface area contributed by atoms with Crippen LogP contribution in [0.2, 0.25) is 0 Å². The van der Waals surface area contributed by atoms with Crippen molar-refractivity contribution in [2.45, 2.75) is 20.4 Å². The lowest BCUT2D eigenvalue weighted by atomic mass is 10.1. The molecule has 0 saturated carbocycles. The molecule has 0 aromatic heterocycles. The highest BCUT2D eigenvalue weighted by Crippen LogP contribution is 2.09. The predicted molar refractivity (Wildman–Crippen MR) is 91.3 cm³/mol. The molecule has 0 aliphatic heterocycles. The van der Waals surface area contributed by atoms with Crippen molar-refractivity contribution in [3.05, 3.63) is 71.0 Å². The lowest BCUT2D eigenvalue weighted by molar-refractivity contribution is 0.0772. The van der Waals surface area contributed by atoms with Crippen LogP contribution < -0.4 is 5.32 Å². The van der Waals surface area contributed by atoms with Crippen LogP contribution in [0, 0.1) is 5.82 Å². The van der Waals surface area contributed by atoms with Gasteiger partial charge < -0.3 is 10.2 Å². The second-order valence-electron chi connectivity index (χ2n) is 5.36. The predicted octanol–water partition coefficient (Wildman–Crippen LogP) is 3.24. The molecule has 5 heteroatoms. The summed E-state index contributed by atoms with van der Waals surface area (Å²) in [6, 6.07) is 12.6. The van der Waals surface area contributed by atoms with Crippen LogP contribution in [-0.4, -0.2) is 29.8 Å². The maximum absolute atomic E-state index is 12.8. The first-order chi connectivity index (χ1) is 11.5. The highest BCUT2D eigenvalue weighted by molar-refractivity contribution is 5.97. The molecule has 0 radical (unpaired) electrons. The van der Waals surface area contributed by atoms with Crippen molar-refractivity contribution in [3.63, 3.8) is 0 Å². The van der Waals surface area contributed by atoms with Crippen LogP contribution in [0.1, 0.15) is 40.1 Å². The summed E-state index contributed by atoms with van der Waals surface area (Å²) in [5.74, 6) is -0.585. The Labute approximate surface area is 141 Å². The lowest BCUT2D eigenvalue weighted by Gasteiger charge is -2.18. The molecule has 2 rings (SSSR count). The van der Waals surface area contributed by atoms with E-state index >= 15 is 0 Å². The van der Waals surface area contributed by atoms with Crippen molar-refractivity contribution in [2.24, 2.45) is 0 Å². The minimum atomic E-state index is -0.307. The van der Waals surface area contributed by atoms with Gasteiger partial charge in [0.1, 0.15) is 5.82 Å². The van der Waals surface area contributed by atoms with Gasteiger partial charge in [-0.3, -0.25) is 9.59 Å². The summed E-state index contributed by atoms with van der Waals surface area (Å²) in [5, 5.41) is 2.77. The number of hydrogen-bond donors (Lipinski definition) is 1. The summed E-state index contributed by atoms with van der Waals surface area (Å²) in [7, 11) is 0. The molecule has 0 aliphatic carbocycles. The van der Waals surface area contributed by atoms with Crippen LogP contribution in [0.15, 0.2) is 48.5 Å². The van der Waals surface area contributed by atoms with E-state index in [1.54, 1.807) is 41.3 Å². The van der Waals surface area contributed by atoms with Gasteiger partial charge in [0.05, 0.1) is 0 Å². The summed E-state index contributed by atoms with van der Waals surface area (Å²) in [5.41, 5.74) is 1.86. The molecule has 2 amide bonds.